The third kappa shape index (κ3) is 4.63. The first-order chi connectivity index (χ1) is 20.1. The van der Waals surface area contributed by atoms with Gasteiger partial charge in [0.25, 0.3) is 11.5 Å². The van der Waals surface area contributed by atoms with E-state index in [1.54, 1.807) is 48.5 Å². The Hall–Kier alpha value is -4.51. The number of carbonyl (C=O) groups excluding carboxylic acids is 1. The second-order valence-corrected chi connectivity index (χ2v) is 11.1. The zero-order valence-corrected chi connectivity index (χ0v) is 24.3. The number of fused-ring (bicyclic) bond motifs is 1. The highest BCUT2D eigenvalue weighted by atomic mass is 35.5. The van der Waals surface area contributed by atoms with Gasteiger partial charge in [-0.05, 0) is 43.5 Å². The number of H-pyrrole nitrogens is 1. The van der Waals surface area contributed by atoms with E-state index in [9.17, 15) is 18.8 Å². The van der Waals surface area contributed by atoms with E-state index in [1.807, 2.05) is 31.2 Å². The molecule has 1 fully saturated rings. The summed E-state index contributed by atoms with van der Waals surface area (Å²) < 4.78 is 18.6. The van der Waals surface area contributed by atoms with E-state index in [0.717, 1.165) is 23.0 Å². The van der Waals surface area contributed by atoms with E-state index in [4.69, 9.17) is 16.6 Å². The van der Waals surface area contributed by atoms with Gasteiger partial charge in [-0.15, -0.1) is 0 Å². The first kappa shape index (κ1) is 27.6. The van der Waals surface area contributed by atoms with Crippen LogP contribution in [0.5, 0.6) is 0 Å². The number of halogens is 2. The Kier molecular flexibility index (Phi) is 6.84. The number of hydrogen-bond donors (Lipinski definition) is 1. The van der Waals surface area contributed by atoms with Crippen LogP contribution in [0.25, 0.3) is 11.2 Å². The van der Waals surface area contributed by atoms with Crippen LogP contribution in [0.2, 0.25) is 5.15 Å². The van der Waals surface area contributed by atoms with Crippen LogP contribution >= 0.6 is 11.6 Å². The Morgan fingerprint density at radius 2 is 1.86 bits per heavy atom. The average molecular weight is 590 g/mol. The summed E-state index contributed by atoms with van der Waals surface area (Å²) in [4.78, 5) is 49.5. The number of benzene rings is 2. The molecule has 1 N–H and O–H groups in total. The summed E-state index contributed by atoms with van der Waals surface area (Å²) in [6, 6.07) is 13.5. The lowest BCUT2D eigenvalue weighted by Crippen LogP contribution is -2.40. The quantitative estimate of drug-likeness (QED) is 0.300. The van der Waals surface area contributed by atoms with Crippen LogP contribution in [0.4, 0.5) is 10.1 Å². The third-order valence-corrected chi connectivity index (χ3v) is 8.29. The topological polar surface area (TPSA) is 111 Å². The number of anilines is 1. The summed E-state index contributed by atoms with van der Waals surface area (Å²) >= 11 is 6.21. The lowest BCUT2D eigenvalue weighted by Gasteiger charge is -2.18. The van der Waals surface area contributed by atoms with Crippen LogP contribution < -0.4 is 16.1 Å². The second-order valence-electron chi connectivity index (χ2n) is 10.7. The molecule has 6 rings (SSSR count). The first-order valence-corrected chi connectivity index (χ1v) is 14.0. The standard InChI is InChI=1S/C30H29ClFN7O3/c1-16(18-9-11-20(12-10-18)36(3)28(40)23-17(2)37(4)35-25(23)31)26-33-24-27(34-26)39(21-13-14-21)30(42)38(29(24)41)15-19-7-5-6-8-22(19)32/h5-12,16,21H,13-15H2,1-4H3,(H,33,34). The highest BCUT2D eigenvalue weighted by Gasteiger charge is 2.31. The maximum Gasteiger partial charge on any atom is 0.333 e. The molecule has 5 aromatic rings. The van der Waals surface area contributed by atoms with E-state index in [-0.39, 0.29) is 40.6 Å². The van der Waals surface area contributed by atoms with Gasteiger partial charge in [0.05, 0.1) is 12.1 Å². The Bertz CT molecular complexity index is 1970. The highest BCUT2D eigenvalue weighted by Crippen LogP contribution is 2.35. The molecule has 42 heavy (non-hydrogen) atoms. The molecule has 1 aliphatic rings. The van der Waals surface area contributed by atoms with Crippen LogP contribution in [0.3, 0.4) is 0 Å². The van der Waals surface area contributed by atoms with E-state index >= 15 is 0 Å². The largest absolute Gasteiger partial charge is 0.336 e. The summed E-state index contributed by atoms with van der Waals surface area (Å²) in [6.07, 6.45) is 1.62. The molecular formula is C30H29ClFN7O3. The number of carbonyl (C=O) groups is 1. The Morgan fingerprint density at radius 1 is 1.17 bits per heavy atom. The first-order valence-electron chi connectivity index (χ1n) is 13.6. The van der Waals surface area contributed by atoms with Gasteiger partial charge in [-0.1, -0.05) is 48.9 Å². The number of hydrogen-bond acceptors (Lipinski definition) is 5. The Labute approximate surface area is 245 Å². The van der Waals surface area contributed by atoms with Crippen molar-refractivity contribution >= 4 is 34.4 Å². The number of nitrogens with one attached hydrogen (secondary N) is 1. The normalized spacial score (nSPS) is 14.0. The van der Waals surface area contributed by atoms with Crippen molar-refractivity contribution in [3.8, 4) is 0 Å². The van der Waals surface area contributed by atoms with Gasteiger partial charge in [0, 0.05) is 43.0 Å². The maximum absolute atomic E-state index is 14.4. The molecule has 3 aromatic heterocycles. The molecule has 0 saturated heterocycles. The number of aromatic amines is 1. The highest BCUT2D eigenvalue weighted by molar-refractivity contribution is 6.33. The van der Waals surface area contributed by atoms with Gasteiger partial charge in [-0.25, -0.2) is 14.2 Å². The smallest absolute Gasteiger partial charge is 0.333 e. The fourth-order valence-corrected chi connectivity index (χ4v) is 5.52. The minimum Gasteiger partial charge on any atom is -0.336 e. The van der Waals surface area contributed by atoms with Crippen molar-refractivity contribution in [1.29, 1.82) is 0 Å². The molecule has 2 aromatic carbocycles. The Balaban J connectivity index is 1.33. The molecule has 1 saturated carbocycles. The SMILES string of the molecule is Cc1c(C(=O)N(C)c2ccc(C(C)c3nc4c([nH]3)c(=O)n(Cc3ccccc3F)c(=O)n4C3CC3)cc2)c(Cl)nn1C. The molecule has 1 unspecified atom stereocenters. The van der Waals surface area contributed by atoms with Crippen molar-refractivity contribution in [2.24, 2.45) is 7.05 Å². The zero-order valence-electron chi connectivity index (χ0n) is 23.6. The van der Waals surface area contributed by atoms with Crippen molar-refractivity contribution in [2.75, 3.05) is 11.9 Å². The summed E-state index contributed by atoms with van der Waals surface area (Å²) in [5.41, 5.74) is 2.32. The molecule has 0 radical (unpaired) electrons. The molecular weight excluding hydrogens is 561 g/mol. The molecule has 0 spiro atoms. The second kappa shape index (κ2) is 10.4. The fourth-order valence-electron chi connectivity index (χ4n) is 5.19. The lowest BCUT2D eigenvalue weighted by molar-refractivity contribution is 0.0992. The summed E-state index contributed by atoms with van der Waals surface area (Å²) in [6.45, 7) is 3.56. The molecule has 10 nitrogen and oxygen atoms in total. The van der Waals surface area contributed by atoms with Gasteiger partial charge in [0.15, 0.2) is 10.8 Å². The molecule has 0 aliphatic heterocycles. The van der Waals surface area contributed by atoms with Crippen LogP contribution in [0, 0.1) is 12.7 Å². The Morgan fingerprint density at radius 3 is 2.48 bits per heavy atom. The molecule has 12 heteroatoms. The van der Waals surface area contributed by atoms with E-state index in [1.165, 1.54) is 11.0 Å². The van der Waals surface area contributed by atoms with Crippen molar-refractivity contribution in [3.05, 3.63) is 109 Å². The number of amides is 1. The average Bonchev–Trinajstić information content (AvgIpc) is 3.65. The lowest BCUT2D eigenvalue weighted by atomic mass is 10.00. The summed E-state index contributed by atoms with van der Waals surface area (Å²) in [5, 5.41) is 4.27. The number of nitrogens with zero attached hydrogens (tertiary/aromatic N) is 6. The van der Waals surface area contributed by atoms with Crippen LogP contribution in [0.15, 0.2) is 58.1 Å². The number of imidazole rings is 1. The molecule has 1 amide bonds. The number of aromatic nitrogens is 6. The minimum absolute atomic E-state index is 0.0526. The van der Waals surface area contributed by atoms with Gasteiger partial charge in [-0.3, -0.25) is 23.4 Å². The fraction of sp³-hybridized carbons (Fsp3) is 0.300. The predicted molar refractivity (Wildman–Crippen MR) is 158 cm³/mol. The van der Waals surface area contributed by atoms with E-state index < -0.39 is 17.1 Å². The predicted octanol–water partition coefficient (Wildman–Crippen LogP) is 4.53. The molecule has 0 bridgehead atoms. The van der Waals surface area contributed by atoms with Gasteiger partial charge in [-0.2, -0.15) is 5.10 Å². The van der Waals surface area contributed by atoms with Crippen LogP contribution in [-0.4, -0.2) is 41.8 Å². The van der Waals surface area contributed by atoms with Gasteiger partial charge >= 0.3 is 5.69 Å². The van der Waals surface area contributed by atoms with E-state index in [2.05, 4.69) is 10.1 Å². The van der Waals surface area contributed by atoms with Crippen LogP contribution in [0.1, 0.15) is 64.7 Å². The van der Waals surface area contributed by atoms with Crippen molar-refractivity contribution < 1.29 is 9.18 Å². The van der Waals surface area contributed by atoms with Gasteiger partial charge in [0.1, 0.15) is 17.2 Å². The number of rotatable bonds is 7. The zero-order chi connectivity index (χ0) is 29.9. The van der Waals surface area contributed by atoms with Crippen molar-refractivity contribution in [2.45, 2.75) is 45.2 Å². The van der Waals surface area contributed by atoms with Crippen molar-refractivity contribution in [1.82, 2.24) is 28.9 Å². The molecule has 3 heterocycles. The molecule has 1 atom stereocenters. The monoisotopic (exact) mass is 589 g/mol. The van der Waals surface area contributed by atoms with Gasteiger partial charge in [0.2, 0.25) is 0 Å². The maximum atomic E-state index is 14.4. The third-order valence-electron chi connectivity index (χ3n) is 8.03. The minimum atomic E-state index is -0.541. The molecule has 216 valence electrons. The summed E-state index contributed by atoms with van der Waals surface area (Å²) in [5.74, 6) is -0.484. The van der Waals surface area contributed by atoms with Gasteiger partial charge < -0.3 is 9.88 Å². The van der Waals surface area contributed by atoms with Crippen molar-refractivity contribution in [3.63, 3.8) is 0 Å². The van der Waals surface area contributed by atoms with E-state index in [0.29, 0.717) is 28.4 Å². The molecule has 1 aliphatic carbocycles. The summed E-state index contributed by atoms with van der Waals surface area (Å²) in [7, 11) is 3.40. The number of aryl methyl sites for hydroxylation is 1. The van der Waals surface area contributed by atoms with Crippen LogP contribution in [-0.2, 0) is 13.6 Å².